The van der Waals surface area contributed by atoms with Crippen LogP contribution in [0.3, 0.4) is 0 Å². The third-order valence-corrected chi connectivity index (χ3v) is 4.42. The van der Waals surface area contributed by atoms with E-state index in [9.17, 15) is 4.39 Å². The van der Waals surface area contributed by atoms with Crippen molar-refractivity contribution >= 4 is 22.9 Å². The zero-order valence-corrected chi connectivity index (χ0v) is 11.9. The smallest absolute Gasteiger partial charge is 0.142 e. The van der Waals surface area contributed by atoms with Crippen molar-refractivity contribution in [2.45, 2.75) is 26.4 Å². The molecule has 0 fully saturated rings. The van der Waals surface area contributed by atoms with Gasteiger partial charge < -0.3 is 5.32 Å². The van der Waals surface area contributed by atoms with Crippen LogP contribution in [0.15, 0.2) is 30.3 Å². The van der Waals surface area contributed by atoms with E-state index in [0.717, 1.165) is 5.56 Å². The van der Waals surface area contributed by atoms with Crippen LogP contribution in [0.4, 0.5) is 4.39 Å². The van der Waals surface area contributed by atoms with Crippen LogP contribution in [0.2, 0.25) is 5.02 Å². The van der Waals surface area contributed by atoms with Crippen LogP contribution < -0.4 is 5.32 Å². The molecule has 0 aliphatic heterocycles. The topological polar surface area (TPSA) is 12.0 Å². The fraction of sp³-hybridized carbons (Fsp3) is 0.286. The van der Waals surface area contributed by atoms with E-state index in [1.54, 1.807) is 17.4 Å². The minimum Gasteiger partial charge on any atom is -0.305 e. The summed E-state index contributed by atoms with van der Waals surface area (Å²) in [6.45, 7) is 4.75. The van der Waals surface area contributed by atoms with E-state index in [0.29, 0.717) is 6.54 Å². The number of hydrogen-bond acceptors (Lipinski definition) is 2. The highest BCUT2D eigenvalue weighted by Gasteiger charge is 2.09. The maximum atomic E-state index is 13.3. The monoisotopic (exact) mass is 283 g/mol. The Morgan fingerprint density at radius 3 is 2.78 bits per heavy atom. The highest BCUT2D eigenvalue weighted by atomic mass is 35.5. The summed E-state index contributed by atoms with van der Waals surface area (Å²) >= 11 is 7.68. The molecule has 0 radical (unpaired) electrons. The van der Waals surface area contributed by atoms with Crippen molar-refractivity contribution in [1.29, 1.82) is 0 Å². The largest absolute Gasteiger partial charge is 0.305 e. The minimum absolute atomic E-state index is 0.208. The number of aryl methyl sites for hydroxylation is 1. The Hall–Kier alpha value is -0.900. The Balaban J connectivity index is 2.01. The molecule has 2 aromatic rings. The van der Waals surface area contributed by atoms with Crippen LogP contribution >= 0.6 is 22.9 Å². The molecule has 0 aliphatic carbocycles. The van der Waals surface area contributed by atoms with E-state index in [1.807, 2.05) is 6.07 Å². The molecule has 0 spiro atoms. The summed E-state index contributed by atoms with van der Waals surface area (Å²) in [5, 5.41) is 3.56. The Morgan fingerprint density at radius 1 is 1.33 bits per heavy atom. The number of nitrogens with one attached hydrogen (secondary N) is 1. The molecular weight excluding hydrogens is 269 g/mol. The molecule has 1 aromatic carbocycles. The van der Waals surface area contributed by atoms with Crippen molar-refractivity contribution < 1.29 is 4.39 Å². The molecule has 1 N–H and O–H groups in total. The van der Waals surface area contributed by atoms with Crippen LogP contribution in [0, 0.1) is 12.7 Å². The summed E-state index contributed by atoms with van der Waals surface area (Å²) in [6, 6.07) is 9.35. The van der Waals surface area contributed by atoms with Crippen molar-refractivity contribution in [2.75, 3.05) is 0 Å². The molecule has 1 unspecified atom stereocenters. The molecule has 0 saturated heterocycles. The van der Waals surface area contributed by atoms with Crippen molar-refractivity contribution in [1.82, 2.24) is 5.32 Å². The number of benzene rings is 1. The Morgan fingerprint density at radius 2 is 2.11 bits per heavy atom. The molecule has 0 aliphatic rings. The average Bonchev–Trinajstić information content (AvgIpc) is 2.77. The molecule has 2 rings (SSSR count). The predicted octanol–water partition coefficient (Wildman–Crippen LogP) is 4.70. The molecule has 1 heterocycles. The second-order valence-electron chi connectivity index (χ2n) is 4.26. The van der Waals surface area contributed by atoms with Gasteiger partial charge in [0.25, 0.3) is 0 Å². The van der Waals surface area contributed by atoms with Crippen molar-refractivity contribution in [2.24, 2.45) is 0 Å². The lowest BCUT2D eigenvalue weighted by Gasteiger charge is -2.13. The van der Waals surface area contributed by atoms with Crippen molar-refractivity contribution in [3.05, 3.63) is 56.5 Å². The van der Waals surface area contributed by atoms with E-state index in [1.165, 1.54) is 15.8 Å². The van der Waals surface area contributed by atoms with Gasteiger partial charge in [0.15, 0.2) is 0 Å². The first-order valence-corrected chi connectivity index (χ1v) is 7.00. The maximum Gasteiger partial charge on any atom is 0.142 e. The van der Waals surface area contributed by atoms with E-state index >= 15 is 0 Å². The second kappa shape index (κ2) is 5.83. The fourth-order valence-electron chi connectivity index (χ4n) is 1.73. The van der Waals surface area contributed by atoms with Crippen LogP contribution in [0.25, 0.3) is 0 Å². The molecule has 4 heteroatoms. The minimum atomic E-state index is -0.365. The van der Waals surface area contributed by atoms with Gasteiger partial charge in [-0.3, -0.25) is 0 Å². The number of halogens is 2. The van der Waals surface area contributed by atoms with Gasteiger partial charge in [0.05, 0.1) is 5.02 Å². The van der Waals surface area contributed by atoms with Gasteiger partial charge in [-0.2, -0.15) is 0 Å². The summed E-state index contributed by atoms with van der Waals surface area (Å²) in [5.41, 5.74) is 0.789. The first-order valence-electron chi connectivity index (χ1n) is 5.80. The maximum absolute atomic E-state index is 13.3. The summed E-state index contributed by atoms with van der Waals surface area (Å²) in [7, 11) is 0. The molecule has 0 saturated carbocycles. The van der Waals surface area contributed by atoms with E-state index in [2.05, 4.69) is 31.3 Å². The summed E-state index contributed by atoms with van der Waals surface area (Å²) in [6.07, 6.45) is 0. The van der Waals surface area contributed by atoms with E-state index < -0.39 is 0 Å². The molecule has 0 bridgehead atoms. The zero-order valence-electron chi connectivity index (χ0n) is 10.3. The Bertz CT molecular complexity index is 538. The SMILES string of the molecule is Cc1ccc(C(C)NCc2cccc(F)c2Cl)s1. The molecular formula is C14H15ClFNS. The Kier molecular flexibility index (Phi) is 4.38. The summed E-state index contributed by atoms with van der Waals surface area (Å²) in [4.78, 5) is 2.57. The third-order valence-electron chi connectivity index (χ3n) is 2.82. The molecule has 18 heavy (non-hydrogen) atoms. The average molecular weight is 284 g/mol. The molecule has 1 nitrogen and oxygen atoms in total. The molecule has 1 aromatic heterocycles. The van der Waals surface area contributed by atoms with Gasteiger partial charge in [-0.05, 0) is 37.6 Å². The summed E-state index contributed by atoms with van der Waals surface area (Å²) < 4.78 is 13.3. The van der Waals surface area contributed by atoms with E-state index in [4.69, 9.17) is 11.6 Å². The lowest BCUT2D eigenvalue weighted by molar-refractivity contribution is 0.576. The Labute approximate surface area is 116 Å². The molecule has 96 valence electrons. The normalized spacial score (nSPS) is 12.7. The van der Waals surface area contributed by atoms with Crippen LogP contribution in [0.5, 0.6) is 0 Å². The zero-order chi connectivity index (χ0) is 13.1. The van der Waals surface area contributed by atoms with Gasteiger partial charge in [-0.25, -0.2) is 4.39 Å². The second-order valence-corrected chi connectivity index (χ2v) is 5.96. The fourth-order valence-corrected chi connectivity index (χ4v) is 2.83. The molecule has 1 atom stereocenters. The third kappa shape index (κ3) is 3.10. The predicted molar refractivity (Wildman–Crippen MR) is 75.7 cm³/mol. The van der Waals surface area contributed by atoms with Gasteiger partial charge in [0.2, 0.25) is 0 Å². The van der Waals surface area contributed by atoms with Crippen LogP contribution in [-0.2, 0) is 6.54 Å². The number of rotatable bonds is 4. The quantitative estimate of drug-likeness (QED) is 0.858. The lowest BCUT2D eigenvalue weighted by atomic mass is 10.2. The molecule has 0 amide bonds. The summed E-state index contributed by atoms with van der Waals surface area (Å²) in [5.74, 6) is -0.365. The standard InChI is InChI=1S/C14H15ClFNS/c1-9-6-7-13(18-9)10(2)17-8-11-4-3-5-12(16)14(11)15/h3-7,10,17H,8H2,1-2H3. The lowest BCUT2D eigenvalue weighted by Crippen LogP contribution is -2.17. The van der Waals surface area contributed by atoms with Crippen molar-refractivity contribution in [3.63, 3.8) is 0 Å². The first kappa shape index (κ1) is 13.5. The van der Waals surface area contributed by atoms with Crippen LogP contribution in [0.1, 0.15) is 28.3 Å². The van der Waals surface area contributed by atoms with Gasteiger partial charge in [0.1, 0.15) is 5.82 Å². The van der Waals surface area contributed by atoms with Crippen LogP contribution in [-0.4, -0.2) is 0 Å². The van der Waals surface area contributed by atoms with Gasteiger partial charge >= 0.3 is 0 Å². The van der Waals surface area contributed by atoms with Gasteiger partial charge in [-0.1, -0.05) is 23.7 Å². The highest BCUT2D eigenvalue weighted by Crippen LogP contribution is 2.24. The van der Waals surface area contributed by atoms with Gasteiger partial charge in [-0.15, -0.1) is 11.3 Å². The first-order chi connectivity index (χ1) is 8.58. The number of thiophene rings is 1. The van der Waals surface area contributed by atoms with E-state index in [-0.39, 0.29) is 16.9 Å². The van der Waals surface area contributed by atoms with Crippen molar-refractivity contribution in [3.8, 4) is 0 Å². The highest BCUT2D eigenvalue weighted by molar-refractivity contribution is 7.12. The van der Waals surface area contributed by atoms with Gasteiger partial charge in [0, 0.05) is 22.3 Å². The number of hydrogen-bond donors (Lipinski definition) is 1.